The zero-order chi connectivity index (χ0) is 17.6. The van der Waals surface area contributed by atoms with Crippen molar-refractivity contribution in [3.63, 3.8) is 0 Å². The zero-order valence-corrected chi connectivity index (χ0v) is 14.0. The number of benzene rings is 2. The Balaban J connectivity index is 1.62. The molecule has 4 rings (SSSR count). The van der Waals surface area contributed by atoms with E-state index in [2.05, 4.69) is 12.1 Å². The van der Waals surface area contributed by atoms with Crippen molar-refractivity contribution in [2.75, 3.05) is 6.61 Å². The van der Waals surface area contributed by atoms with Crippen molar-refractivity contribution in [3.05, 3.63) is 42.5 Å². The monoisotopic (exact) mass is 362 g/mol. The van der Waals surface area contributed by atoms with Crippen molar-refractivity contribution in [1.29, 1.82) is 0 Å². The average Bonchev–Trinajstić information content (AvgIpc) is 3.00. The molecule has 1 aliphatic heterocycles. The van der Waals surface area contributed by atoms with E-state index in [0.29, 0.717) is 5.75 Å². The minimum atomic E-state index is -1.45. The summed E-state index contributed by atoms with van der Waals surface area (Å²) in [5.74, 6) is 0.475. The van der Waals surface area contributed by atoms with Crippen molar-refractivity contribution in [1.82, 2.24) is 0 Å². The van der Waals surface area contributed by atoms with Crippen LogP contribution in [-0.4, -0.2) is 57.7 Å². The third kappa shape index (κ3) is 2.89. The lowest BCUT2D eigenvalue weighted by molar-refractivity contribution is -0.277. The van der Waals surface area contributed by atoms with Gasteiger partial charge in [0, 0.05) is 20.2 Å². The summed E-state index contributed by atoms with van der Waals surface area (Å²) in [4.78, 5) is 0. The summed E-state index contributed by atoms with van der Waals surface area (Å²) >= 11 is 1.63. The van der Waals surface area contributed by atoms with Crippen molar-refractivity contribution < 1.29 is 29.9 Å². The van der Waals surface area contributed by atoms with Crippen LogP contribution in [-0.2, 0) is 4.74 Å². The maximum absolute atomic E-state index is 10.1. The first kappa shape index (κ1) is 16.7. The third-order valence-electron chi connectivity index (χ3n) is 4.45. The van der Waals surface area contributed by atoms with Gasteiger partial charge in [0.2, 0.25) is 6.29 Å². The Kier molecular flexibility index (Phi) is 4.36. The van der Waals surface area contributed by atoms with E-state index in [-0.39, 0.29) is 0 Å². The molecule has 5 atom stereocenters. The largest absolute Gasteiger partial charge is 0.462 e. The number of hydrogen-bond acceptors (Lipinski definition) is 7. The molecule has 0 spiro atoms. The summed E-state index contributed by atoms with van der Waals surface area (Å²) in [5, 5.41) is 41.3. The van der Waals surface area contributed by atoms with Crippen LogP contribution in [0.3, 0.4) is 0 Å². The standard InChI is InChI=1S/C18H18O6S/c19-8-12-15(20)16(21)17(22)18(24-12)23-9-5-6-11-10-3-1-2-4-13(10)25-14(11)7-9/h1-7,12,15-22H,8H2/t12-,15-,16+,17-,18+/m1/s1. The zero-order valence-electron chi connectivity index (χ0n) is 13.1. The summed E-state index contributed by atoms with van der Waals surface area (Å²) in [6, 6.07) is 13.7. The first-order chi connectivity index (χ1) is 12.1. The minimum absolute atomic E-state index is 0.475. The van der Waals surface area contributed by atoms with Gasteiger partial charge in [-0.15, -0.1) is 11.3 Å². The van der Waals surface area contributed by atoms with E-state index in [1.165, 1.54) is 10.1 Å². The van der Waals surface area contributed by atoms with Crippen LogP contribution in [0.25, 0.3) is 20.2 Å². The Morgan fingerprint density at radius 1 is 0.920 bits per heavy atom. The molecule has 1 fully saturated rings. The second-order valence-corrected chi connectivity index (χ2v) is 7.16. The van der Waals surface area contributed by atoms with Gasteiger partial charge in [-0.05, 0) is 24.3 Å². The summed E-state index contributed by atoms with van der Waals surface area (Å²) < 4.78 is 13.3. The van der Waals surface area contributed by atoms with E-state index in [0.717, 1.165) is 10.1 Å². The number of hydrogen-bond donors (Lipinski definition) is 4. The molecular formula is C18H18O6S. The molecule has 1 aliphatic rings. The van der Waals surface area contributed by atoms with Gasteiger partial charge in [-0.2, -0.15) is 0 Å². The number of aliphatic hydroxyl groups is 4. The van der Waals surface area contributed by atoms with Crippen LogP contribution in [0.5, 0.6) is 5.75 Å². The van der Waals surface area contributed by atoms with Gasteiger partial charge in [0.05, 0.1) is 6.61 Å². The van der Waals surface area contributed by atoms with Crippen LogP contribution in [0, 0.1) is 0 Å². The fourth-order valence-corrected chi connectivity index (χ4v) is 4.21. The SMILES string of the molecule is OC[C@H]1O[C@H](Oc2ccc3c(c2)sc2ccccc23)[C@H](O)[C@@H](O)[C@@H]1O. The van der Waals surface area contributed by atoms with Crippen molar-refractivity contribution in [2.45, 2.75) is 30.7 Å². The van der Waals surface area contributed by atoms with Gasteiger partial charge in [-0.1, -0.05) is 18.2 Å². The molecule has 1 saturated heterocycles. The van der Waals surface area contributed by atoms with E-state index < -0.39 is 37.3 Å². The van der Waals surface area contributed by atoms with Crippen molar-refractivity contribution >= 4 is 31.5 Å². The highest BCUT2D eigenvalue weighted by Crippen LogP contribution is 2.36. The van der Waals surface area contributed by atoms with Gasteiger partial charge in [-0.3, -0.25) is 0 Å². The van der Waals surface area contributed by atoms with Gasteiger partial charge in [0.25, 0.3) is 0 Å². The number of thiophene rings is 1. The van der Waals surface area contributed by atoms with E-state index in [4.69, 9.17) is 9.47 Å². The Hall–Kier alpha value is -1.74. The number of aliphatic hydroxyl groups excluding tert-OH is 4. The van der Waals surface area contributed by atoms with Crippen molar-refractivity contribution in [2.24, 2.45) is 0 Å². The molecule has 0 radical (unpaired) electrons. The van der Waals surface area contributed by atoms with Crippen LogP contribution >= 0.6 is 11.3 Å². The number of fused-ring (bicyclic) bond motifs is 3. The Labute approximate surface area is 147 Å². The molecule has 0 saturated carbocycles. The fourth-order valence-electron chi connectivity index (χ4n) is 3.08. The van der Waals surface area contributed by atoms with E-state index >= 15 is 0 Å². The van der Waals surface area contributed by atoms with Crippen LogP contribution in [0.15, 0.2) is 42.5 Å². The van der Waals surface area contributed by atoms with Crippen LogP contribution in [0.2, 0.25) is 0 Å². The van der Waals surface area contributed by atoms with Gasteiger partial charge >= 0.3 is 0 Å². The molecule has 6 nitrogen and oxygen atoms in total. The topological polar surface area (TPSA) is 99.4 Å². The predicted molar refractivity (Wildman–Crippen MR) is 93.7 cm³/mol. The summed E-state index contributed by atoms with van der Waals surface area (Å²) in [6.45, 7) is -0.486. The van der Waals surface area contributed by atoms with Gasteiger partial charge in [-0.25, -0.2) is 0 Å². The van der Waals surface area contributed by atoms with Crippen LogP contribution in [0.1, 0.15) is 0 Å². The van der Waals surface area contributed by atoms with Crippen LogP contribution in [0.4, 0.5) is 0 Å². The van der Waals surface area contributed by atoms with E-state index in [1.54, 1.807) is 17.4 Å². The second kappa shape index (κ2) is 6.53. The van der Waals surface area contributed by atoms with Crippen LogP contribution < -0.4 is 4.74 Å². The average molecular weight is 362 g/mol. The molecule has 4 N–H and O–H groups in total. The summed E-state index contributed by atoms with van der Waals surface area (Å²) in [6.07, 6.45) is -6.44. The molecule has 0 amide bonds. The molecule has 3 aromatic rings. The molecule has 0 aliphatic carbocycles. The maximum Gasteiger partial charge on any atom is 0.229 e. The Morgan fingerprint density at radius 2 is 1.68 bits per heavy atom. The Morgan fingerprint density at radius 3 is 2.48 bits per heavy atom. The van der Waals surface area contributed by atoms with Gasteiger partial charge in [0.1, 0.15) is 30.2 Å². The molecule has 0 bridgehead atoms. The normalized spacial score (nSPS) is 30.0. The number of ether oxygens (including phenoxy) is 2. The lowest BCUT2D eigenvalue weighted by atomic mass is 9.99. The molecule has 132 valence electrons. The third-order valence-corrected chi connectivity index (χ3v) is 5.58. The summed E-state index contributed by atoms with van der Waals surface area (Å²) in [5.41, 5.74) is 0. The number of rotatable bonds is 3. The predicted octanol–water partition coefficient (Wildman–Crippen LogP) is 1.23. The highest BCUT2D eigenvalue weighted by Gasteiger charge is 2.44. The maximum atomic E-state index is 10.1. The first-order valence-corrected chi connectivity index (χ1v) is 8.78. The Bertz CT molecular complexity index is 892. The molecule has 25 heavy (non-hydrogen) atoms. The fraction of sp³-hybridized carbons (Fsp3) is 0.333. The minimum Gasteiger partial charge on any atom is -0.462 e. The molecule has 0 unspecified atom stereocenters. The molecule has 7 heteroatoms. The van der Waals surface area contributed by atoms with E-state index in [1.807, 2.05) is 24.3 Å². The molecular weight excluding hydrogens is 344 g/mol. The highest BCUT2D eigenvalue weighted by molar-refractivity contribution is 7.25. The quantitative estimate of drug-likeness (QED) is 0.559. The van der Waals surface area contributed by atoms with E-state index in [9.17, 15) is 20.4 Å². The molecule has 1 aromatic heterocycles. The lowest BCUT2D eigenvalue weighted by Crippen LogP contribution is -2.60. The van der Waals surface area contributed by atoms with Gasteiger partial charge in [0.15, 0.2) is 0 Å². The van der Waals surface area contributed by atoms with Gasteiger partial charge < -0.3 is 29.9 Å². The lowest BCUT2D eigenvalue weighted by Gasteiger charge is -2.39. The highest BCUT2D eigenvalue weighted by atomic mass is 32.1. The smallest absolute Gasteiger partial charge is 0.229 e. The van der Waals surface area contributed by atoms with Crippen molar-refractivity contribution in [3.8, 4) is 5.75 Å². The molecule has 2 heterocycles. The first-order valence-electron chi connectivity index (χ1n) is 7.97. The molecule has 2 aromatic carbocycles. The summed E-state index contributed by atoms with van der Waals surface area (Å²) in [7, 11) is 0. The second-order valence-electron chi connectivity index (χ2n) is 6.07.